The first kappa shape index (κ1) is 77.9. The van der Waals surface area contributed by atoms with Gasteiger partial charge >= 0.3 is 5.51 Å². The third-order valence-electron chi connectivity index (χ3n) is 21.4. The van der Waals surface area contributed by atoms with Crippen LogP contribution in [0, 0.1) is 16.7 Å². The number of rotatable bonds is 26. The number of nitrogens with zero attached hydrogens (tertiary/aromatic N) is 4. The van der Waals surface area contributed by atoms with E-state index in [-0.39, 0.29) is 66.0 Å². The summed E-state index contributed by atoms with van der Waals surface area (Å²) in [6.45, 7) is 14.6. The number of benzene rings is 5. The summed E-state index contributed by atoms with van der Waals surface area (Å²) in [5, 5.41) is 12.8. The predicted octanol–water partition coefficient (Wildman–Crippen LogP) is 11.9. The Morgan fingerprint density at radius 3 is 2.24 bits per heavy atom. The van der Waals surface area contributed by atoms with Crippen molar-refractivity contribution in [1.82, 2.24) is 35.4 Å². The number of halogens is 4. The fourth-order valence-corrected chi connectivity index (χ4v) is 18.5. The maximum atomic E-state index is 14.6. The number of nitrogens with one attached hydrogen (secondary N) is 5. The lowest BCUT2D eigenvalue weighted by Crippen LogP contribution is -2.58. The number of hydrogen-bond acceptors (Lipinski definition) is 16. The van der Waals surface area contributed by atoms with E-state index in [9.17, 15) is 54.0 Å². The van der Waals surface area contributed by atoms with Crippen molar-refractivity contribution < 1.29 is 63.5 Å². The van der Waals surface area contributed by atoms with Crippen molar-refractivity contribution in [2.45, 2.75) is 181 Å². The zero-order chi connectivity index (χ0) is 74.3. The van der Waals surface area contributed by atoms with Crippen molar-refractivity contribution in [1.29, 1.82) is 0 Å². The molecule has 11 rings (SSSR count). The number of ether oxygens (including phenoxy) is 2. The largest absolute Gasteiger partial charge is 0.501 e. The van der Waals surface area contributed by atoms with Crippen LogP contribution in [0.5, 0.6) is 5.75 Å². The van der Waals surface area contributed by atoms with E-state index in [0.717, 1.165) is 98.3 Å². The lowest BCUT2D eigenvalue weighted by molar-refractivity contribution is -0.150. The van der Waals surface area contributed by atoms with E-state index >= 15 is 0 Å². The number of carbonyl (C=O) groups excluding carboxylic acids is 5. The van der Waals surface area contributed by atoms with E-state index in [1.807, 2.05) is 79.2 Å². The molecule has 0 bridgehead atoms. The van der Waals surface area contributed by atoms with Gasteiger partial charge in [0.15, 0.2) is 0 Å². The summed E-state index contributed by atoms with van der Waals surface area (Å²) in [6.07, 6.45) is 9.57. The van der Waals surface area contributed by atoms with E-state index in [1.54, 1.807) is 31.0 Å². The molecule has 4 heterocycles. The highest BCUT2D eigenvalue weighted by Gasteiger charge is 2.55. The predicted molar refractivity (Wildman–Crippen MR) is 397 cm³/mol. The molecule has 27 heteroatoms. The quantitative estimate of drug-likeness (QED) is 0.0255. The monoisotopic (exact) mass is 1510 g/mol. The van der Waals surface area contributed by atoms with Gasteiger partial charge in [-0.1, -0.05) is 81.3 Å². The van der Waals surface area contributed by atoms with E-state index in [1.165, 1.54) is 45.5 Å². The van der Waals surface area contributed by atoms with Crippen LogP contribution in [0.1, 0.15) is 151 Å². The number of sulfonamides is 1. The second-order valence-electron chi connectivity index (χ2n) is 29.9. The standard InChI is InChI=1S/C77H97ClF3N9O11S3/c1-50(82-6)71(92)85-66-33-43-101-69-48-76(4,5)70(90(69)74(66)95)73(94)84-64-15-10-12-54-45-59(25-27-63(54)64)100-42-11-16-68(91)89-40-38-87(39-41-89)35-32-57(49-102-60-13-8-7-9-14-60)83-65-28-26-61(46-67(65)103(96,97)77(79,80)81)104(98,99)86-72(93)53-19-23-58(24-20-53)88-36-30-51(31-37-88)44-55-47-75(2,3)34-29-62(55)52-17-21-56(78)22-18-52/h7-9,13-14,17-28,45-46,50-51,57,64,66,69-70,82-83H,10-12,15-16,29-44,47-49H2,1-6H3,(H,84,94)(H,85,92)(H,86,93)/t50-,57+,64+,66-,69-,70+/m0/s1. The fourth-order valence-electron chi connectivity index (χ4n) is 15.4. The summed E-state index contributed by atoms with van der Waals surface area (Å²) in [5.74, 6) is -0.622. The fraction of sp³-hybridized carbons (Fsp3) is 0.519. The molecule has 6 atom stereocenters. The summed E-state index contributed by atoms with van der Waals surface area (Å²) < 4.78 is 113. The summed E-state index contributed by atoms with van der Waals surface area (Å²) >= 11 is 7.64. The molecule has 4 saturated heterocycles. The third-order valence-corrected chi connectivity index (χ3v) is 25.7. The van der Waals surface area contributed by atoms with Crippen molar-refractivity contribution in [3.05, 3.63) is 148 Å². The van der Waals surface area contributed by atoms with E-state index < -0.39 is 82.6 Å². The summed E-state index contributed by atoms with van der Waals surface area (Å²) in [5.41, 5.74) is 0.298. The number of piperidine rings is 1. The van der Waals surface area contributed by atoms with Crippen LogP contribution in [0.4, 0.5) is 24.5 Å². The maximum absolute atomic E-state index is 14.6. The van der Waals surface area contributed by atoms with Gasteiger partial charge in [0, 0.05) is 91.6 Å². The molecule has 6 aliphatic rings. The molecule has 0 unspecified atom stereocenters. The number of hydrogen-bond donors (Lipinski definition) is 5. The Morgan fingerprint density at radius 2 is 1.54 bits per heavy atom. The smallest absolute Gasteiger partial charge is 0.494 e. The Bertz CT molecular complexity index is 4170. The molecule has 5 aromatic rings. The van der Waals surface area contributed by atoms with Gasteiger partial charge in [-0.2, -0.15) is 13.2 Å². The van der Waals surface area contributed by atoms with Gasteiger partial charge in [-0.05, 0) is 209 Å². The number of alkyl halides is 3. The van der Waals surface area contributed by atoms with Gasteiger partial charge in [0.1, 0.15) is 29.0 Å². The SMILES string of the molecule is CN[C@@H](C)C(=O)N[C@H]1CCO[C@H]2CC(C)(C)[C@@H](C(=O)N[C@@H]3CCCc4cc(OCCCC(=O)N5CCN(CC[C@H](CSc6ccccc6)Nc6ccc(S(=O)(=O)NC(=O)c7ccc(N8CCC(CC9=C(c%10ccc(Cl)cc%10)CCC(C)(C)C9)CC8)cc7)cc6S(=O)(=O)C(F)(F)F)CC5)ccc43)N2C1=O. The second-order valence-corrected chi connectivity index (χ2v) is 35.0. The molecule has 0 radical (unpaired) electrons. The Kier molecular flexibility index (Phi) is 24.9. The minimum absolute atomic E-state index is 0.0249. The van der Waals surface area contributed by atoms with Crippen LogP contribution in [-0.4, -0.2) is 169 Å². The summed E-state index contributed by atoms with van der Waals surface area (Å²) in [4.78, 5) is 74.8. The average molecular weight is 1510 g/mol. The molecule has 4 fully saturated rings. The maximum Gasteiger partial charge on any atom is 0.501 e. The van der Waals surface area contributed by atoms with Crippen molar-refractivity contribution in [3.8, 4) is 5.75 Å². The number of carbonyl (C=O) groups is 5. The van der Waals surface area contributed by atoms with Gasteiger partial charge in [0.05, 0.1) is 35.9 Å². The van der Waals surface area contributed by atoms with Crippen LogP contribution in [0.15, 0.2) is 136 Å². The third kappa shape index (κ3) is 18.9. The van der Waals surface area contributed by atoms with E-state index in [0.29, 0.717) is 87.6 Å². The van der Waals surface area contributed by atoms with Gasteiger partial charge in [-0.3, -0.25) is 28.9 Å². The number of amides is 5. The molecular weight excluding hydrogens is 1420 g/mol. The second kappa shape index (κ2) is 33.3. The highest BCUT2D eigenvalue weighted by molar-refractivity contribution is 7.99. The van der Waals surface area contributed by atoms with Crippen molar-refractivity contribution in [2.24, 2.45) is 16.7 Å². The summed E-state index contributed by atoms with van der Waals surface area (Å²) in [6, 6.07) is 28.9. The van der Waals surface area contributed by atoms with Crippen LogP contribution in [0.3, 0.4) is 0 Å². The Balaban J connectivity index is 0.661. The van der Waals surface area contributed by atoms with Crippen LogP contribution >= 0.6 is 23.4 Å². The average Bonchev–Trinajstić information content (AvgIpc) is 1.56. The van der Waals surface area contributed by atoms with E-state index in [4.69, 9.17) is 21.1 Å². The Morgan fingerprint density at radius 1 is 0.817 bits per heavy atom. The van der Waals surface area contributed by atoms with Crippen LogP contribution in [0.25, 0.3) is 5.57 Å². The number of allylic oxidation sites excluding steroid dienone is 2. The van der Waals surface area contributed by atoms with Crippen molar-refractivity contribution in [2.75, 3.05) is 82.0 Å². The highest BCUT2D eigenvalue weighted by atomic mass is 35.5. The topological polar surface area (TPSA) is 245 Å². The zero-order valence-corrected chi connectivity index (χ0v) is 63.2. The first-order valence-electron chi connectivity index (χ1n) is 36.2. The van der Waals surface area contributed by atoms with Crippen LogP contribution in [-0.2, 0) is 50.2 Å². The molecule has 4 aliphatic heterocycles. The molecule has 0 aromatic heterocycles. The minimum Gasteiger partial charge on any atom is -0.494 e. The summed E-state index contributed by atoms with van der Waals surface area (Å²) in [7, 11) is -9.44. The molecule has 5 amide bonds. The highest BCUT2D eigenvalue weighted by Crippen LogP contribution is 2.47. The number of sulfone groups is 1. The van der Waals surface area contributed by atoms with Gasteiger partial charge in [0.25, 0.3) is 25.8 Å². The first-order chi connectivity index (χ1) is 49.4. The number of thioether (sulfide) groups is 1. The lowest BCUT2D eigenvalue weighted by atomic mass is 9.70. The lowest BCUT2D eigenvalue weighted by Gasteiger charge is -2.38. The Labute approximate surface area is 618 Å². The first-order valence-corrected chi connectivity index (χ1v) is 40.5. The molecule has 562 valence electrons. The van der Waals surface area contributed by atoms with Crippen LogP contribution in [0.2, 0.25) is 5.02 Å². The van der Waals surface area contributed by atoms with Crippen LogP contribution < -0.4 is 35.6 Å². The molecular formula is C77H97ClF3N9O11S3. The van der Waals surface area contributed by atoms with Gasteiger partial charge < -0.3 is 45.4 Å². The molecule has 20 nitrogen and oxygen atoms in total. The number of fused-ring (bicyclic) bond motifs is 2. The van der Waals surface area contributed by atoms with Crippen molar-refractivity contribution >= 4 is 89.7 Å². The van der Waals surface area contributed by atoms with Gasteiger partial charge in [0.2, 0.25) is 23.6 Å². The molecule has 2 aliphatic carbocycles. The number of likely N-dealkylation sites (N-methyl/N-ethyl adjacent to an activating group) is 1. The molecule has 0 saturated carbocycles. The number of aryl methyl sites for hydroxylation is 1. The normalized spacial score (nSPS) is 21.6. The Hall–Kier alpha value is -7.20. The number of piperazine rings is 1. The molecule has 5 aromatic carbocycles. The van der Waals surface area contributed by atoms with Gasteiger partial charge in [-0.25, -0.2) is 21.6 Å². The molecule has 5 N–H and O–H groups in total. The zero-order valence-electron chi connectivity index (χ0n) is 60.0. The van der Waals surface area contributed by atoms with Crippen molar-refractivity contribution in [3.63, 3.8) is 0 Å². The number of anilines is 2. The molecule has 104 heavy (non-hydrogen) atoms. The minimum atomic E-state index is -6.17. The van der Waals surface area contributed by atoms with E-state index in [2.05, 4.69) is 57.0 Å². The van der Waals surface area contributed by atoms with Gasteiger partial charge in [-0.15, -0.1) is 11.8 Å². The molecule has 0 spiro atoms.